The van der Waals surface area contributed by atoms with Crippen molar-refractivity contribution < 1.29 is 13.2 Å². The molecule has 0 saturated carbocycles. The summed E-state index contributed by atoms with van der Waals surface area (Å²) in [6.07, 6.45) is 5.90. The minimum atomic E-state index is -3.07. The van der Waals surface area contributed by atoms with Crippen molar-refractivity contribution in [3.05, 3.63) is 48.0 Å². The van der Waals surface area contributed by atoms with Crippen LogP contribution in [0.15, 0.2) is 36.9 Å². The Labute approximate surface area is 168 Å². The van der Waals surface area contributed by atoms with Crippen LogP contribution in [-0.4, -0.2) is 80.5 Å². The summed E-state index contributed by atoms with van der Waals surface area (Å²) in [7, 11) is -3.07. The highest BCUT2D eigenvalue weighted by molar-refractivity contribution is 7.88. The lowest BCUT2D eigenvalue weighted by atomic mass is 9.90. The van der Waals surface area contributed by atoms with Gasteiger partial charge >= 0.3 is 0 Å². The van der Waals surface area contributed by atoms with Gasteiger partial charge in [0, 0.05) is 51.4 Å². The molecule has 2 aliphatic rings. The van der Waals surface area contributed by atoms with Crippen LogP contribution in [0.2, 0.25) is 0 Å². The summed E-state index contributed by atoms with van der Waals surface area (Å²) in [6, 6.07) is 7.95. The molecule has 2 saturated heterocycles. The van der Waals surface area contributed by atoms with Crippen molar-refractivity contribution in [2.75, 3.05) is 52.1 Å². The van der Waals surface area contributed by atoms with Gasteiger partial charge in [0.2, 0.25) is 10.0 Å². The molecule has 0 bridgehead atoms. The van der Waals surface area contributed by atoms with Crippen LogP contribution < -0.4 is 0 Å². The van der Waals surface area contributed by atoms with Gasteiger partial charge in [-0.05, 0) is 42.9 Å². The van der Waals surface area contributed by atoms with E-state index in [0.29, 0.717) is 19.0 Å². The molecule has 2 aliphatic heterocycles. The van der Waals surface area contributed by atoms with Gasteiger partial charge in [0.1, 0.15) is 0 Å². The molecular formula is C21H31N3O3S. The Hall–Kier alpha value is -1.70. The number of sulfonamides is 1. The Morgan fingerprint density at radius 3 is 2.21 bits per heavy atom. The first-order chi connectivity index (χ1) is 13.4. The van der Waals surface area contributed by atoms with Crippen molar-refractivity contribution >= 4 is 15.9 Å². The average molecular weight is 406 g/mol. The Balaban J connectivity index is 1.50. The Morgan fingerprint density at radius 2 is 1.68 bits per heavy atom. The van der Waals surface area contributed by atoms with Gasteiger partial charge in [-0.1, -0.05) is 18.2 Å². The van der Waals surface area contributed by atoms with Crippen LogP contribution in [0.25, 0.3) is 0 Å². The number of rotatable bonds is 6. The molecular weight excluding hydrogens is 374 g/mol. The fraction of sp³-hybridized carbons (Fsp3) is 0.571. The van der Waals surface area contributed by atoms with Gasteiger partial charge in [0.05, 0.1) is 6.26 Å². The largest absolute Gasteiger partial charge is 0.336 e. The fourth-order valence-electron chi connectivity index (χ4n) is 4.06. The second kappa shape index (κ2) is 9.20. The first-order valence-electron chi connectivity index (χ1n) is 10.0. The van der Waals surface area contributed by atoms with E-state index in [1.165, 1.54) is 11.8 Å². The predicted molar refractivity (Wildman–Crippen MR) is 112 cm³/mol. The van der Waals surface area contributed by atoms with Gasteiger partial charge in [-0.3, -0.25) is 9.69 Å². The molecule has 2 heterocycles. The van der Waals surface area contributed by atoms with Crippen molar-refractivity contribution in [3.63, 3.8) is 0 Å². The monoisotopic (exact) mass is 405 g/mol. The SMILES string of the molecule is C=CCN1CCN(C(=O)c2ccc(CC3CCN(S(C)(=O)=O)CC3)cc2)CC1. The highest BCUT2D eigenvalue weighted by Gasteiger charge is 2.25. The molecule has 0 aromatic heterocycles. The summed E-state index contributed by atoms with van der Waals surface area (Å²) in [5.41, 5.74) is 1.96. The Bertz CT molecular complexity index is 776. The molecule has 154 valence electrons. The second-order valence-electron chi connectivity index (χ2n) is 7.89. The molecule has 7 heteroatoms. The molecule has 28 heavy (non-hydrogen) atoms. The Kier molecular flexibility index (Phi) is 6.91. The van der Waals surface area contributed by atoms with Crippen LogP contribution in [0.3, 0.4) is 0 Å². The number of piperidine rings is 1. The normalized spacial score (nSPS) is 20.2. The number of amides is 1. The van der Waals surface area contributed by atoms with Crippen LogP contribution >= 0.6 is 0 Å². The minimum absolute atomic E-state index is 0.103. The van der Waals surface area contributed by atoms with Gasteiger partial charge < -0.3 is 4.90 Å². The van der Waals surface area contributed by atoms with Crippen LogP contribution in [0.1, 0.15) is 28.8 Å². The van der Waals surface area contributed by atoms with Gasteiger partial charge in [-0.2, -0.15) is 0 Å². The lowest BCUT2D eigenvalue weighted by Gasteiger charge is -2.34. The third-order valence-corrected chi connectivity index (χ3v) is 7.12. The van der Waals surface area contributed by atoms with Crippen LogP contribution in [0.5, 0.6) is 0 Å². The lowest BCUT2D eigenvalue weighted by Crippen LogP contribution is -2.48. The van der Waals surface area contributed by atoms with Crippen molar-refractivity contribution in [2.24, 2.45) is 5.92 Å². The third-order valence-electron chi connectivity index (χ3n) is 5.81. The molecule has 1 aromatic carbocycles. The van der Waals surface area contributed by atoms with Crippen LogP contribution in [0.4, 0.5) is 0 Å². The summed E-state index contributed by atoms with van der Waals surface area (Å²) >= 11 is 0. The molecule has 1 amide bonds. The fourth-order valence-corrected chi connectivity index (χ4v) is 4.93. The average Bonchev–Trinajstić information content (AvgIpc) is 2.69. The lowest BCUT2D eigenvalue weighted by molar-refractivity contribution is 0.0650. The molecule has 0 N–H and O–H groups in total. The number of hydrogen-bond acceptors (Lipinski definition) is 4. The first-order valence-corrected chi connectivity index (χ1v) is 11.9. The quantitative estimate of drug-likeness (QED) is 0.678. The zero-order chi connectivity index (χ0) is 20.1. The van der Waals surface area contributed by atoms with Crippen molar-refractivity contribution in [1.82, 2.24) is 14.1 Å². The zero-order valence-corrected chi connectivity index (χ0v) is 17.5. The van der Waals surface area contributed by atoms with E-state index < -0.39 is 10.0 Å². The van der Waals surface area contributed by atoms with E-state index in [1.807, 2.05) is 35.2 Å². The minimum Gasteiger partial charge on any atom is -0.336 e. The van der Waals surface area contributed by atoms with Crippen molar-refractivity contribution in [2.45, 2.75) is 19.3 Å². The highest BCUT2D eigenvalue weighted by atomic mass is 32.2. The van der Waals surface area contributed by atoms with Crippen LogP contribution in [-0.2, 0) is 16.4 Å². The van der Waals surface area contributed by atoms with E-state index in [4.69, 9.17) is 0 Å². The summed E-state index contributed by atoms with van der Waals surface area (Å²) in [5, 5.41) is 0. The molecule has 0 unspecified atom stereocenters. The predicted octanol–water partition coefficient (Wildman–Crippen LogP) is 1.84. The third kappa shape index (κ3) is 5.43. The van der Waals surface area contributed by atoms with E-state index in [9.17, 15) is 13.2 Å². The van der Waals surface area contributed by atoms with E-state index >= 15 is 0 Å². The molecule has 1 aromatic rings. The molecule has 0 radical (unpaired) electrons. The van der Waals surface area contributed by atoms with E-state index in [1.54, 1.807) is 4.31 Å². The molecule has 6 nitrogen and oxygen atoms in total. The number of carbonyl (C=O) groups excluding carboxylic acids is 1. The Morgan fingerprint density at radius 1 is 1.07 bits per heavy atom. The summed E-state index contributed by atoms with van der Waals surface area (Å²) < 4.78 is 24.8. The number of benzene rings is 1. The maximum atomic E-state index is 12.7. The summed E-state index contributed by atoms with van der Waals surface area (Å²) in [5.74, 6) is 0.601. The standard InChI is InChI=1S/C21H31N3O3S/c1-3-10-22-13-15-23(16-14-22)21(25)20-6-4-18(5-7-20)17-19-8-11-24(12-9-19)28(2,26)27/h3-7,19H,1,8-17H2,2H3. The number of nitrogens with zero attached hydrogens (tertiary/aromatic N) is 3. The van der Waals surface area contributed by atoms with Crippen LogP contribution in [0, 0.1) is 5.92 Å². The van der Waals surface area contributed by atoms with Gasteiger partial charge in [-0.25, -0.2) is 12.7 Å². The smallest absolute Gasteiger partial charge is 0.253 e. The molecule has 2 fully saturated rings. The van der Waals surface area contributed by atoms with Gasteiger partial charge in [-0.15, -0.1) is 6.58 Å². The molecule has 0 atom stereocenters. The molecule has 3 rings (SSSR count). The first kappa shape index (κ1) is 21.0. The number of piperazine rings is 1. The number of hydrogen-bond donors (Lipinski definition) is 0. The highest BCUT2D eigenvalue weighted by Crippen LogP contribution is 2.23. The maximum absolute atomic E-state index is 12.7. The van der Waals surface area contributed by atoms with Crippen molar-refractivity contribution in [3.8, 4) is 0 Å². The maximum Gasteiger partial charge on any atom is 0.253 e. The zero-order valence-electron chi connectivity index (χ0n) is 16.7. The summed E-state index contributed by atoms with van der Waals surface area (Å²) in [4.78, 5) is 16.9. The van der Waals surface area contributed by atoms with Gasteiger partial charge in [0.25, 0.3) is 5.91 Å². The van der Waals surface area contributed by atoms with E-state index in [0.717, 1.165) is 57.5 Å². The topological polar surface area (TPSA) is 60.9 Å². The molecule has 0 spiro atoms. The molecule has 0 aliphatic carbocycles. The number of carbonyl (C=O) groups is 1. The van der Waals surface area contributed by atoms with Crippen molar-refractivity contribution in [1.29, 1.82) is 0 Å². The van der Waals surface area contributed by atoms with E-state index in [-0.39, 0.29) is 5.91 Å². The second-order valence-corrected chi connectivity index (χ2v) is 9.87. The summed E-state index contributed by atoms with van der Waals surface area (Å²) in [6.45, 7) is 9.16. The van der Waals surface area contributed by atoms with Gasteiger partial charge in [0.15, 0.2) is 0 Å². The van der Waals surface area contributed by atoms with E-state index in [2.05, 4.69) is 11.5 Å².